The van der Waals surface area contributed by atoms with Gasteiger partial charge in [0.2, 0.25) is 0 Å². The molecule has 1 aliphatic rings. The zero-order valence-electron chi connectivity index (χ0n) is 15.8. The van der Waals surface area contributed by atoms with Crippen LogP contribution in [-0.4, -0.2) is 52.8 Å². The van der Waals surface area contributed by atoms with Gasteiger partial charge in [-0.1, -0.05) is 13.8 Å². The molecule has 0 saturated carbocycles. The molecule has 0 atom stereocenters. The van der Waals surface area contributed by atoms with E-state index in [0.717, 1.165) is 15.9 Å². The van der Waals surface area contributed by atoms with Crippen LogP contribution in [0.2, 0.25) is 0 Å². The van der Waals surface area contributed by atoms with E-state index in [1.807, 2.05) is 12.1 Å². The lowest BCUT2D eigenvalue weighted by Crippen LogP contribution is -2.50. The molecule has 2 N–H and O–H groups in total. The van der Waals surface area contributed by atoms with E-state index in [1.165, 1.54) is 17.6 Å². The predicted octanol–water partition coefficient (Wildman–Crippen LogP) is 3.19. The zero-order chi connectivity index (χ0) is 19.8. The van der Waals surface area contributed by atoms with Crippen molar-refractivity contribution in [3.63, 3.8) is 0 Å². The first-order chi connectivity index (χ1) is 13.5. The first-order valence-corrected chi connectivity index (χ1v) is 10.1. The second kappa shape index (κ2) is 7.27. The van der Waals surface area contributed by atoms with Crippen LogP contribution in [0.4, 0.5) is 5.69 Å². The van der Waals surface area contributed by atoms with Crippen LogP contribution >= 0.6 is 11.3 Å². The first kappa shape index (κ1) is 18.5. The first-order valence-electron chi connectivity index (χ1n) is 9.26. The molecule has 7 nitrogen and oxygen atoms in total. The minimum absolute atomic E-state index is 0.100. The summed E-state index contributed by atoms with van der Waals surface area (Å²) in [6.45, 7) is 6.02. The van der Waals surface area contributed by atoms with E-state index in [-0.39, 0.29) is 11.8 Å². The summed E-state index contributed by atoms with van der Waals surface area (Å²) in [5.41, 5.74) is 7.73. The third-order valence-corrected chi connectivity index (χ3v) is 6.09. The Hall–Kier alpha value is -2.87. The molecule has 1 saturated heterocycles. The van der Waals surface area contributed by atoms with Crippen LogP contribution in [0.5, 0.6) is 0 Å². The van der Waals surface area contributed by atoms with Gasteiger partial charge in [0.1, 0.15) is 9.71 Å². The standard InChI is InChI=1S/C20H22N4O3S/c1-12(2)14-6-5-13-16(21)17(28-18(13)22-14)20(26)24-9-7-23(8-10-24)19(25)15-4-3-11-27-15/h3-6,11-12H,7-10,21H2,1-2H3. The Bertz CT molecular complexity index is 1020. The number of fused-ring (bicyclic) bond motifs is 1. The molecule has 0 bridgehead atoms. The molecule has 8 heteroatoms. The van der Waals surface area contributed by atoms with E-state index in [9.17, 15) is 9.59 Å². The van der Waals surface area contributed by atoms with E-state index in [4.69, 9.17) is 10.2 Å². The molecule has 0 aliphatic carbocycles. The Morgan fingerprint density at radius 1 is 1.11 bits per heavy atom. The van der Waals surface area contributed by atoms with Crippen molar-refractivity contribution in [2.24, 2.45) is 0 Å². The lowest BCUT2D eigenvalue weighted by molar-refractivity contribution is 0.0521. The number of aromatic nitrogens is 1. The molecule has 0 spiro atoms. The topological polar surface area (TPSA) is 92.7 Å². The summed E-state index contributed by atoms with van der Waals surface area (Å²) < 4.78 is 5.17. The van der Waals surface area contributed by atoms with Crippen molar-refractivity contribution in [1.29, 1.82) is 0 Å². The summed E-state index contributed by atoms with van der Waals surface area (Å²) in [7, 11) is 0. The number of carbonyl (C=O) groups is 2. The molecule has 146 valence electrons. The molecule has 0 aromatic carbocycles. The number of carbonyl (C=O) groups excluding carboxylic acids is 2. The number of hydrogen-bond acceptors (Lipinski definition) is 6. The highest BCUT2D eigenvalue weighted by Crippen LogP contribution is 2.34. The Balaban J connectivity index is 1.49. The SMILES string of the molecule is CC(C)c1ccc2c(N)c(C(=O)N3CCN(C(=O)c4ccco4)CC3)sc2n1. The Labute approximate surface area is 166 Å². The molecule has 0 radical (unpaired) electrons. The number of nitrogen functional groups attached to an aromatic ring is 1. The lowest BCUT2D eigenvalue weighted by Gasteiger charge is -2.34. The smallest absolute Gasteiger partial charge is 0.289 e. The van der Waals surface area contributed by atoms with Crippen molar-refractivity contribution < 1.29 is 14.0 Å². The van der Waals surface area contributed by atoms with Crippen LogP contribution in [-0.2, 0) is 0 Å². The highest BCUT2D eigenvalue weighted by molar-refractivity contribution is 7.21. The van der Waals surface area contributed by atoms with E-state index in [1.54, 1.807) is 21.9 Å². The Kier molecular flexibility index (Phi) is 4.80. The molecule has 3 aromatic rings. The Morgan fingerprint density at radius 2 is 1.79 bits per heavy atom. The van der Waals surface area contributed by atoms with Crippen LogP contribution in [0.25, 0.3) is 10.2 Å². The van der Waals surface area contributed by atoms with E-state index < -0.39 is 0 Å². The average Bonchev–Trinajstić information content (AvgIpc) is 3.35. The summed E-state index contributed by atoms with van der Waals surface area (Å²) in [5, 5.41) is 0.824. The summed E-state index contributed by atoms with van der Waals surface area (Å²) >= 11 is 1.34. The van der Waals surface area contributed by atoms with Crippen molar-refractivity contribution >= 4 is 39.1 Å². The van der Waals surface area contributed by atoms with Gasteiger partial charge in [-0.2, -0.15) is 0 Å². The number of nitrogens with zero attached hydrogens (tertiary/aromatic N) is 3. The molecule has 1 fully saturated rings. The number of furan rings is 1. The van der Waals surface area contributed by atoms with E-state index in [0.29, 0.717) is 48.4 Å². The predicted molar refractivity (Wildman–Crippen MR) is 109 cm³/mol. The fourth-order valence-corrected chi connectivity index (χ4v) is 4.37. The van der Waals surface area contributed by atoms with Crippen LogP contribution in [0.1, 0.15) is 45.7 Å². The maximum atomic E-state index is 13.0. The maximum absolute atomic E-state index is 13.0. The number of nitrogens with two attached hydrogens (primary N) is 1. The van der Waals surface area contributed by atoms with Gasteiger partial charge in [-0.05, 0) is 30.2 Å². The molecule has 0 unspecified atom stereocenters. The van der Waals surface area contributed by atoms with Crippen LogP contribution in [0, 0.1) is 0 Å². The van der Waals surface area contributed by atoms with Gasteiger partial charge in [0, 0.05) is 37.3 Å². The number of hydrogen-bond donors (Lipinski definition) is 1. The third-order valence-electron chi connectivity index (χ3n) is 4.99. The number of piperazine rings is 1. The molecule has 3 aromatic heterocycles. The average molecular weight is 398 g/mol. The number of amides is 2. The van der Waals surface area contributed by atoms with Crippen molar-refractivity contribution in [1.82, 2.24) is 14.8 Å². The molecule has 1 aliphatic heterocycles. The quantitative estimate of drug-likeness (QED) is 0.731. The number of anilines is 1. The number of thiophene rings is 1. The van der Waals surface area contributed by atoms with Gasteiger partial charge in [0.15, 0.2) is 5.76 Å². The maximum Gasteiger partial charge on any atom is 0.289 e. The second-order valence-corrected chi connectivity index (χ2v) is 8.15. The highest BCUT2D eigenvalue weighted by Gasteiger charge is 2.29. The van der Waals surface area contributed by atoms with Gasteiger partial charge in [0.25, 0.3) is 11.8 Å². The van der Waals surface area contributed by atoms with Crippen molar-refractivity contribution in [3.05, 3.63) is 46.9 Å². The second-order valence-electron chi connectivity index (χ2n) is 7.15. The monoisotopic (exact) mass is 398 g/mol. The van der Waals surface area contributed by atoms with Gasteiger partial charge >= 0.3 is 0 Å². The van der Waals surface area contributed by atoms with Gasteiger partial charge in [-0.15, -0.1) is 11.3 Å². The summed E-state index contributed by atoms with van der Waals surface area (Å²) in [5.74, 6) is 0.382. The molecular formula is C20H22N4O3S. The molecular weight excluding hydrogens is 376 g/mol. The van der Waals surface area contributed by atoms with E-state index in [2.05, 4.69) is 18.8 Å². The molecule has 4 rings (SSSR count). The van der Waals surface area contributed by atoms with Crippen molar-refractivity contribution in [2.75, 3.05) is 31.9 Å². The normalized spacial score (nSPS) is 14.8. The van der Waals surface area contributed by atoms with Gasteiger partial charge in [-0.25, -0.2) is 4.98 Å². The molecule has 2 amide bonds. The fourth-order valence-electron chi connectivity index (χ4n) is 3.30. The van der Waals surface area contributed by atoms with E-state index >= 15 is 0 Å². The largest absolute Gasteiger partial charge is 0.459 e. The van der Waals surface area contributed by atoms with Crippen molar-refractivity contribution in [2.45, 2.75) is 19.8 Å². The number of rotatable bonds is 3. The lowest BCUT2D eigenvalue weighted by atomic mass is 10.1. The van der Waals surface area contributed by atoms with Crippen LogP contribution in [0.15, 0.2) is 34.9 Å². The zero-order valence-corrected chi connectivity index (χ0v) is 16.7. The fraction of sp³-hybridized carbons (Fsp3) is 0.350. The minimum atomic E-state index is -0.149. The summed E-state index contributed by atoms with van der Waals surface area (Å²) in [6, 6.07) is 7.25. The summed E-state index contributed by atoms with van der Waals surface area (Å²) in [4.78, 5) is 34.8. The Morgan fingerprint density at radius 3 is 2.39 bits per heavy atom. The molecule has 4 heterocycles. The van der Waals surface area contributed by atoms with Crippen molar-refractivity contribution in [3.8, 4) is 0 Å². The highest BCUT2D eigenvalue weighted by atomic mass is 32.1. The third kappa shape index (κ3) is 3.24. The van der Waals surface area contributed by atoms with Gasteiger partial charge < -0.3 is 20.0 Å². The van der Waals surface area contributed by atoms with Crippen LogP contribution in [0.3, 0.4) is 0 Å². The minimum Gasteiger partial charge on any atom is -0.459 e. The number of pyridine rings is 1. The summed E-state index contributed by atoms with van der Waals surface area (Å²) in [6.07, 6.45) is 1.48. The molecule has 28 heavy (non-hydrogen) atoms. The van der Waals surface area contributed by atoms with Gasteiger partial charge in [0.05, 0.1) is 12.0 Å². The van der Waals surface area contributed by atoms with Crippen LogP contribution < -0.4 is 5.73 Å². The van der Waals surface area contributed by atoms with Gasteiger partial charge in [-0.3, -0.25) is 9.59 Å².